The average Bonchev–Trinajstić information content (AvgIpc) is 2.15. The van der Waals surface area contributed by atoms with Crippen molar-refractivity contribution in [2.75, 3.05) is 0 Å². The first-order valence-electron chi connectivity index (χ1n) is 3.97. The van der Waals surface area contributed by atoms with Gasteiger partial charge in [-0.15, -0.1) is 0 Å². The fraction of sp³-hybridized carbons (Fsp3) is 0. The van der Waals surface area contributed by atoms with Crippen LogP contribution >= 0.6 is 22.3 Å². The van der Waals surface area contributed by atoms with Gasteiger partial charge in [-0.3, -0.25) is 4.98 Å². The Morgan fingerprint density at radius 1 is 1.20 bits per heavy atom. The Labute approximate surface area is 96.1 Å². The third-order valence-corrected chi connectivity index (χ3v) is 3.46. The van der Waals surface area contributed by atoms with E-state index in [-0.39, 0.29) is 4.90 Å². The summed E-state index contributed by atoms with van der Waals surface area (Å²) in [4.78, 5) is 4.03. The summed E-state index contributed by atoms with van der Waals surface area (Å²) in [7, 11) is 1.50. The van der Waals surface area contributed by atoms with E-state index in [4.69, 9.17) is 22.3 Å². The topological polar surface area (TPSA) is 47.0 Å². The molecule has 0 unspecified atom stereocenters. The molecule has 0 atom stereocenters. The number of pyridine rings is 1. The summed E-state index contributed by atoms with van der Waals surface area (Å²) >= 11 is 5.74. The van der Waals surface area contributed by atoms with Gasteiger partial charge in [0.1, 0.15) is 0 Å². The minimum atomic E-state index is -3.71. The van der Waals surface area contributed by atoms with Crippen LogP contribution in [0.15, 0.2) is 35.4 Å². The number of hydrogen-bond donors (Lipinski definition) is 0. The van der Waals surface area contributed by atoms with Crippen LogP contribution in [0.5, 0.6) is 0 Å². The summed E-state index contributed by atoms with van der Waals surface area (Å²) < 4.78 is 22.1. The van der Waals surface area contributed by atoms with Gasteiger partial charge in [-0.05, 0) is 18.2 Å². The predicted octanol–water partition coefficient (Wildman–Crippen LogP) is 2.82. The quantitative estimate of drug-likeness (QED) is 0.742. The van der Waals surface area contributed by atoms with E-state index in [9.17, 15) is 8.42 Å². The molecule has 1 aromatic carbocycles. The molecule has 0 aliphatic carbocycles. The zero-order valence-corrected chi connectivity index (χ0v) is 9.64. The molecule has 0 amide bonds. The highest BCUT2D eigenvalue weighted by molar-refractivity contribution is 8.13. The lowest BCUT2D eigenvalue weighted by Crippen LogP contribution is -1.90. The van der Waals surface area contributed by atoms with Crippen LogP contribution < -0.4 is 0 Å². The molecule has 0 spiro atoms. The Morgan fingerprint density at radius 2 is 1.93 bits per heavy atom. The summed E-state index contributed by atoms with van der Waals surface area (Å²) in [5, 5.41) is 1.27. The third-order valence-electron chi connectivity index (χ3n) is 1.90. The van der Waals surface area contributed by atoms with Crippen LogP contribution in [0.25, 0.3) is 10.9 Å². The second-order valence-corrected chi connectivity index (χ2v) is 5.95. The fourth-order valence-corrected chi connectivity index (χ4v) is 2.16. The lowest BCUT2D eigenvalue weighted by Gasteiger charge is -2.00. The summed E-state index contributed by atoms with van der Waals surface area (Å²) in [5.41, 5.74) is 0.543. The second kappa shape index (κ2) is 3.63. The molecule has 6 heteroatoms. The van der Waals surface area contributed by atoms with Crippen molar-refractivity contribution in [2.24, 2.45) is 0 Å². The van der Waals surface area contributed by atoms with Crippen molar-refractivity contribution in [3.8, 4) is 0 Å². The van der Waals surface area contributed by atoms with Gasteiger partial charge in [-0.2, -0.15) is 0 Å². The van der Waals surface area contributed by atoms with Crippen molar-refractivity contribution >= 4 is 42.2 Å². The van der Waals surface area contributed by atoms with E-state index in [1.54, 1.807) is 12.1 Å². The largest absolute Gasteiger partial charge is 0.261 e. The number of halogens is 2. The van der Waals surface area contributed by atoms with Gasteiger partial charge < -0.3 is 0 Å². The molecule has 78 valence electrons. The number of benzene rings is 1. The summed E-state index contributed by atoms with van der Waals surface area (Å²) in [6, 6.07) is 6.15. The van der Waals surface area contributed by atoms with E-state index < -0.39 is 9.05 Å². The minimum absolute atomic E-state index is 0.0338. The average molecular weight is 262 g/mol. The summed E-state index contributed by atoms with van der Waals surface area (Å²) in [5.74, 6) is 0. The molecule has 15 heavy (non-hydrogen) atoms. The first-order valence-corrected chi connectivity index (χ1v) is 6.65. The van der Waals surface area contributed by atoms with Crippen molar-refractivity contribution in [1.82, 2.24) is 4.98 Å². The van der Waals surface area contributed by atoms with Crippen molar-refractivity contribution in [2.45, 2.75) is 4.90 Å². The number of fused-ring (bicyclic) bond motifs is 1. The van der Waals surface area contributed by atoms with Gasteiger partial charge in [0.05, 0.1) is 15.4 Å². The highest BCUT2D eigenvalue weighted by Gasteiger charge is 2.10. The van der Waals surface area contributed by atoms with E-state index in [0.717, 1.165) is 5.39 Å². The van der Waals surface area contributed by atoms with Crippen LogP contribution in [0.1, 0.15) is 0 Å². The van der Waals surface area contributed by atoms with Gasteiger partial charge >= 0.3 is 0 Å². The third kappa shape index (κ3) is 2.22. The van der Waals surface area contributed by atoms with E-state index in [2.05, 4.69) is 4.98 Å². The lowest BCUT2D eigenvalue weighted by molar-refractivity contribution is 0.609. The Hall–Kier alpha value is -0.840. The molecule has 1 heterocycles. The molecule has 2 aromatic rings. The normalized spacial score (nSPS) is 11.9. The maximum atomic E-state index is 11.1. The number of nitrogens with zero attached hydrogens (tertiary/aromatic N) is 1. The first kappa shape index (κ1) is 10.7. The van der Waals surface area contributed by atoms with Crippen LogP contribution in [0.4, 0.5) is 0 Å². The summed E-state index contributed by atoms with van der Waals surface area (Å²) in [6.45, 7) is 0. The SMILES string of the molecule is O=S(=O)(Cl)c1ccc2cc(Cl)cnc2c1. The fourth-order valence-electron chi connectivity index (χ4n) is 1.23. The van der Waals surface area contributed by atoms with Gasteiger partial charge in [-0.25, -0.2) is 8.42 Å². The molecule has 0 N–H and O–H groups in total. The molecule has 0 radical (unpaired) electrons. The first-order chi connectivity index (χ1) is 6.97. The maximum absolute atomic E-state index is 11.1. The van der Waals surface area contributed by atoms with Crippen molar-refractivity contribution in [3.63, 3.8) is 0 Å². The van der Waals surface area contributed by atoms with Crippen molar-refractivity contribution in [3.05, 3.63) is 35.5 Å². The van der Waals surface area contributed by atoms with Crippen molar-refractivity contribution < 1.29 is 8.42 Å². The molecule has 3 nitrogen and oxygen atoms in total. The second-order valence-electron chi connectivity index (χ2n) is 2.95. The van der Waals surface area contributed by atoms with Crippen LogP contribution in [0.3, 0.4) is 0 Å². The van der Waals surface area contributed by atoms with Gasteiger partial charge in [0.15, 0.2) is 0 Å². The zero-order valence-electron chi connectivity index (χ0n) is 7.31. The van der Waals surface area contributed by atoms with E-state index in [0.29, 0.717) is 10.5 Å². The van der Waals surface area contributed by atoms with Gasteiger partial charge in [0, 0.05) is 22.3 Å². The molecule has 0 fully saturated rings. The molecule has 0 saturated heterocycles. The zero-order chi connectivity index (χ0) is 11.1. The monoisotopic (exact) mass is 261 g/mol. The number of aromatic nitrogens is 1. The maximum Gasteiger partial charge on any atom is 0.261 e. The van der Waals surface area contributed by atoms with Crippen LogP contribution in [-0.2, 0) is 9.05 Å². The van der Waals surface area contributed by atoms with Gasteiger partial charge in [0.25, 0.3) is 9.05 Å². The Balaban J connectivity index is 2.73. The number of rotatable bonds is 1. The van der Waals surface area contributed by atoms with Crippen LogP contribution in [0.2, 0.25) is 5.02 Å². The van der Waals surface area contributed by atoms with Crippen molar-refractivity contribution in [1.29, 1.82) is 0 Å². The Bertz CT molecular complexity index is 625. The molecular formula is C9H5Cl2NO2S. The van der Waals surface area contributed by atoms with Gasteiger partial charge in [-0.1, -0.05) is 17.7 Å². The van der Waals surface area contributed by atoms with Crippen LogP contribution in [0, 0.1) is 0 Å². The lowest BCUT2D eigenvalue weighted by atomic mass is 10.2. The molecule has 0 bridgehead atoms. The van der Waals surface area contributed by atoms with Gasteiger partial charge in [0.2, 0.25) is 0 Å². The molecule has 0 saturated carbocycles. The molecule has 1 aromatic heterocycles. The molecule has 0 aliphatic heterocycles. The Kier molecular flexibility index (Phi) is 2.58. The standard InChI is InChI=1S/C9H5Cl2NO2S/c10-7-3-6-1-2-8(15(11,13)14)4-9(6)12-5-7/h1-5H. The van der Waals surface area contributed by atoms with E-state index >= 15 is 0 Å². The molecule has 0 aliphatic rings. The molecular weight excluding hydrogens is 257 g/mol. The van der Waals surface area contributed by atoms with E-state index in [1.165, 1.54) is 18.3 Å². The highest BCUT2D eigenvalue weighted by Crippen LogP contribution is 2.22. The highest BCUT2D eigenvalue weighted by atomic mass is 35.7. The Morgan fingerprint density at radius 3 is 2.60 bits per heavy atom. The van der Waals surface area contributed by atoms with Crippen LogP contribution in [-0.4, -0.2) is 13.4 Å². The number of hydrogen-bond acceptors (Lipinski definition) is 3. The predicted molar refractivity (Wildman–Crippen MR) is 59.8 cm³/mol. The molecule has 2 rings (SSSR count). The summed E-state index contributed by atoms with van der Waals surface area (Å²) in [6.07, 6.45) is 1.45. The smallest absolute Gasteiger partial charge is 0.255 e. The minimum Gasteiger partial charge on any atom is -0.255 e. The van der Waals surface area contributed by atoms with E-state index in [1.807, 2.05) is 0 Å².